The molecule has 6 nitrogen and oxygen atoms in total. The number of anilines is 1. The third-order valence-electron chi connectivity index (χ3n) is 5.60. The van der Waals surface area contributed by atoms with E-state index in [0.29, 0.717) is 22.6 Å². The summed E-state index contributed by atoms with van der Waals surface area (Å²) in [7, 11) is 1.53. The quantitative estimate of drug-likeness (QED) is 0.338. The maximum Gasteiger partial charge on any atom is 0.294 e. The molecular formula is C26H18BrNO5. The molecule has 1 N–H and O–H groups in total. The monoisotopic (exact) mass is 503 g/mol. The van der Waals surface area contributed by atoms with Gasteiger partial charge in [0.05, 0.1) is 18.7 Å². The number of aliphatic hydroxyl groups excluding tert-OH is 1. The molecule has 4 aromatic rings. The molecule has 0 saturated carbocycles. The van der Waals surface area contributed by atoms with Crippen molar-refractivity contribution in [2.75, 3.05) is 12.0 Å². The van der Waals surface area contributed by atoms with Crippen LogP contribution in [0.5, 0.6) is 5.75 Å². The standard InChI is InChI=1S/C26H18BrNO5/c1-32-19-9-5-8-18(14-19)28-23(15-6-3-2-4-7-15)22(25(30)26(28)31)24(29)21-13-16-12-17(27)10-11-20(16)33-21/h2-14,23,30H,1H3. The van der Waals surface area contributed by atoms with Crippen LogP contribution in [-0.2, 0) is 4.79 Å². The van der Waals surface area contributed by atoms with E-state index in [1.54, 1.807) is 36.4 Å². The molecule has 3 aromatic carbocycles. The Morgan fingerprint density at radius 3 is 2.58 bits per heavy atom. The molecule has 1 aromatic heterocycles. The first-order chi connectivity index (χ1) is 16.0. The number of benzene rings is 3. The summed E-state index contributed by atoms with van der Waals surface area (Å²) in [5, 5.41) is 11.6. The molecule has 1 aliphatic heterocycles. The van der Waals surface area contributed by atoms with Crippen LogP contribution in [0.2, 0.25) is 0 Å². The third-order valence-corrected chi connectivity index (χ3v) is 6.09. The summed E-state index contributed by atoms with van der Waals surface area (Å²) in [6.45, 7) is 0. The number of furan rings is 1. The van der Waals surface area contributed by atoms with Crippen molar-refractivity contribution in [3.63, 3.8) is 0 Å². The lowest BCUT2D eigenvalue weighted by Gasteiger charge is -2.27. The topological polar surface area (TPSA) is 80.0 Å². The molecule has 0 radical (unpaired) electrons. The summed E-state index contributed by atoms with van der Waals surface area (Å²) in [4.78, 5) is 28.3. The lowest BCUT2D eigenvalue weighted by atomic mass is 9.95. The molecule has 164 valence electrons. The second kappa shape index (κ2) is 8.26. The van der Waals surface area contributed by atoms with Crippen molar-refractivity contribution in [3.8, 4) is 5.75 Å². The van der Waals surface area contributed by atoms with Crippen LogP contribution < -0.4 is 9.64 Å². The largest absolute Gasteiger partial charge is 0.503 e. The number of carbonyl (C=O) groups is 2. The van der Waals surface area contributed by atoms with E-state index in [2.05, 4.69) is 15.9 Å². The van der Waals surface area contributed by atoms with Gasteiger partial charge in [0, 0.05) is 21.6 Å². The van der Waals surface area contributed by atoms with E-state index in [0.717, 1.165) is 9.86 Å². The fourth-order valence-electron chi connectivity index (χ4n) is 4.07. The van der Waals surface area contributed by atoms with Crippen LogP contribution in [0.3, 0.4) is 0 Å². The smallest absolute Gasteiger partial charge is 0.294 e. The fraction of sp³-hybridized carbons (Fsp3) is 0.0769. The minimum absolute atomic E-state index is 0.0351. The van der Waals surface area contributed by atoms with E-state index in [1.807, 2.05) is 42.5 Å². The van der Waals surface area contributed by atoms with Crippen molar-refractivity contribution in [1.82, 2.24) is 0 Å². The van der Waals surface area contributed by atoms with Gasteiger partial charge in [-0.25, -0.2) is 0 Å². The van der Waals surface area contributed by atoms with Crippen molar-refractivity contribution in [3.05, 3.63) is 106 Å². The summed E-state index contributed by atoms with van der Waals surface area (Å²) in [6.07, 6.45) is 0. The summed E-state index contributed by atoms with van der Waals surface area (Å²) in [5.41, 5.74) is 1.68. The normalized spacial score (nSPS) is 16.0. The van der Waals surface area contributed by atoms with Crippen molar-refractivity contribution >= 4 is 44.3 Å². The van der Waals surface area contributed by atoms with E-state index in [1.165, 1.54) is 12.0 Å². The molecule has 33 heavy (non-hydrogen) atoms. The van der Waals surface area contributed by atoms with Crippen molar-refractivity contribution in [2.45, 2.75) is 6.04 Å². The molecule has 2 heterocycles. The molecule has 1 amide bonds. The average Bonchev–Trinajstić information content (AvgIpc) is 3.37. The van der Waals surface area contributed by atoms with Gasteiger partial charge in [-0.3, -0.25) is 14.5 Å². The van der Waals surface area contributed by atoms with Gasteiger partial charge >= 0.3 is 0 Å². The van der Waals surface area contributed by atoms with E-state index in [9.17, 15) is 14.7 Å². The number of Topliss-reactive ketones (excluding diaryl/α,β-unsaturated/α-hetero) is 1. The minimum atomic E-state index is -0.835. The van der Waals surface area contributed by atoms with E-state index < -0.39 is 23.5 Å². The maximum absolute atomic E-state index is 13.6. The van der Waals surface area contributed by atoms with Gasteiger partial charge < -0.3 is 14.3 Å². The number of hydrogen-bond donors (Lipinski definition) is 1. The van der Waals surface area contributed by atoms with Crippen LogP contribution in [0, 0.1) is 0 Å². The number of carbonyl (C=O) groups excluding carboxylic acids is 2. The second-order valence-corrected chi connectivity index (χ2v) is 8.49. The Balaban J connectivity index is 1.65. The summed E-state index contributed by atoms with van der Waals surface area (Å²) >= 11 is 3.41. The summed E-state index contributed by atoms with van der Waals surface area (Å²) in [6, 6.07) is 22.2. The third kappa shape index (κ3) is 3.60. The lowest BCUT2D eigenvalue weighted by molar-refractivity contribution is -0.117. The molecule has 0 saturated heterocycles. The zero-order valence-corrected chi connectivity index (χ0v) is 19.1. The van der Waals surface area contributed by atoms with Crippen molar-refractivity contribution in [2.24, 2.45) is 0 Å². The average molecular weight is 504 g/mol. The van der Waals surface area contributed by atoms with Crippen LogP contribution in [0.1, 0.15) is 22.2 Å². The van der Waals surface area contributed by atoms with Gasteiger partial charge in [-0.2, -0.15) is 0 Å². The number of ether oxygens (including phenoxy) is 1. The van der Waals surface area contributed by atoms with E-state index in [-0.39, 0.29) is 11.3 Å². The fourth-order valence-corrected chi connectivity index (χ4v) is 4.45. The molecule has 5 rings (SSSR count). The molecule has 0 fully saturated rings. The Labute approximate surface area is 197 Å². The number of rotatable bonds is 5. The SMILES string of the molecule is COc1cccc(N2C(=O)C(O)=C(C(=O)c3cc4cc(Br)ccc4o3)C2c2ccccc2)c1. The van der Waals surface area contributed by atoms with Gasteiger partial charge in [0.15, 0.2) is 11.5 Å². The Morgan fingerprint density at radius 1 is 1.03 bits per heavy atom. The number of fused-ring (bicyclic) bond motifs is 1. The predicted molar refractivity (Wildman–Crippen MR) is 128 cm³/mol. The van der Waals surface area contributed by atoms with Crippen LogP contribution in [0.25, 0.3) is 11.0 Å². The van der Waals surface area contributed by atoms with Gasteiger partial charge in [-0.1, -0.05) is 52.3 Å². The Hall–Kier alpha value is -3.84. The van der Waals surface area contributed by atoms with E-state index >= 15 is 0 Å². The van der Waals surface area contributed by atoms with Gasteiger partial charge in [0.25, 0.3) is 5.91 Å². The molecule has 1 unspecified atom stereocenters. The maximum atomic E-state index is 13.6. The van der Waals surface area contributed by atoms with E-state index in [4.69, 9.17) is 9.15 Å². The number of amides is 1. The van der Waals surface area contributed by atoms with Gasteiger partial charge in [-0.05, 0) is 42.0 Å². The highest BCUT2D eigenvalue weighted by molar-refractivity contribution is 9.10. The summed E-state index contributed by atoms with van der Waals surface area (Å²) < 4.78 is 11.9. The lowest BCUT2D eigenvalue weighted by Crippen LogP contribution is -2.31. The van der Waals surface area contributed by atoms with Gasteiger partial charge in [0.1, 0.15) is 11.3 Å². The number of nitrogens with zero attached hydrogens (tertiary/aromatic N) is 1. The summed E-state index contributed by atoms with van der Waals surface area (Å²) in [5.74, 6) is -1.22. The Kier molecular flexibility index (Phi) is 5.26. The predicted octanol–water partition coefficient (Wildman–Crippen LogP) is 5.99. The van der Waals surface area contributed by atoms with Crippen LogP contribution in [-0.4, -0.2) is 23.9 Å². The molecule has 1 atom stereocenters. The van der Waals surface area contributed by atoms with Crippen LogP contribution in [0.4, 0.5) is 5.69 Å². The van der Waals surface area contributed by atoms with Crippen molar-refractivity contribution < 1.29 is 23.8 Å². The highest BCUT2D eigenvalue weighted by Gasteiger charge is 2.45. The first-order valence-corrected chi connectivity index (χ1v) is 11.0. The molecule has 1 aliphatic rings. The second-order valence-electron chi connectivity index (χ2n) is 7.57. The first-order valence-electron chi connectivity index (χ1n) is 10.2. The van der Waals surface area contributed by atoms with Gasteiger partial charge in [-0.15, -0.1) is 0 Å². The number of halogens is 1. The van der Waals surface area contributed by atoms with Gasteiger partial charge in [0.2, 0.25) is 5.78 Å². The highest BCUT2D eigenvalue weighted by Crippen LogP contribution is 2.43. The number of aliphatic hydroxyl groups is 1. The molecule has 0 spiro atoms. The Bertz CT molecular complexity index is 1420. The number of methoxy groups -OCH3 is 1. The zero-order valence-electron chi connectivity index (χ0n) is 17.5. The number of hydrogen-bond acceptors (Lipinski definition) is 5. The zero-order chi connectivity index (χ0) is 23.1. The first kappa shape index (κ1) is 21.0. The van der Waals surface area contributed by atoms with Crippen LogP contribution >= 0.6 is 15.9 Å². The molecular weight excluding hydrogens is 486 g/mol. The van der Waals surface area contributed by atoms with Crippen LogP contribution in [0.15, 0.2) is 99.1 Å². The molecule has 0 aliphatic carbocycles. The van der Waals surface area contributed by atoms with Crippen molar-refractivity contribution in [1.29, 1.82) is 0 Å². The molecule has 0 bridgehead atoms. The Morgan fingerprint density at radius 2 is 1.82 bits per heavy atom. The highest BCUT2D eigenvalue weighted by atomic mass is 79.9. The number of ketones is 1. The minimum Gasteiger partial charge on any atom is -0.503 e. The molecule has 7 heteroatoms.